The molecule has 0 spiro atoms. The van der Waals surface area contributed by atoms with Crippen molar-refractivity contribution in [3.8, 4) is 0 Å². The van der Waals surface area contributed by atoms with Crippen LogP contribution in [0.5, 0.6) is 0 Å². The minimum Gasteiger partial charge on any atom is -0.338 e. The van der Waals surface area contributed by atoms with Crippen molar-refractivity contribution >= 4 is 9.84 Å². The summed E-state index contributed by atoms with van der Waals surface area (Å²) in [5.41, 5.74) is 0. The van der Waals surface area contributed by atoms with Gasteiger partial charge in [0.25, 0.3) is 0 Å². The third-order valence-electron chi connectivity index (χ3n) is 4.74. The van der Waals surface area contributed by atoms with E-state index in [1.54, 1.807) is 0 Å². The van der Waals surface area contributed by atoms with Gasteiger partial charge in [-0.05, 0) is 31.6 Å². The van der Waals surface area contributed by atoms with Gasteiger partial charge in [-0.15, -0.1) is 0 Å². The van der Waals surface area contributed by atoms with Crippen LogP contribution in [-0.4, -0.2) is 36.1 Å². The number of aromatic nitrogens is 2. The van der Waals surface area contributed by atoms with Crippen LogP contribution in [0.1, 0.15) is 56.7 Å². The first-order valence-corrected chi connectivity index (χ1v) is 9.64. The molecular weight excluding hydrogens is 290 g/mol. The molecule has 2 fully saturated rings. The van der Waals surface area contributed by atoms with Crippen LogP contribution in [0.3, 0.4) is 0 Å². The van der Waals surface area contributed by atoms with Gasteiger partial charge < -0.3 is 9.84 Å². The summed E-state index contributed by atoms with van der Waals surface area (Å²) in [5.74, 6) is 3.10. The van der Waals surface area contributed by atoms with E-state index < -0.39 is 9.84 Å². The predicted octanol–water partition coefficient (Wildman–Crippen LogP) is 1.64. The number of hydrogen-bond donors (Lipinski definition) is 1. The highest BCUT2D eigenvalue weighted by atomic mass is 32.2. The zero-order chi connectivity index (χ0) is 14.9. The van der Waals surface area contributed by atoms with E-state index in [0.717, 1.165) is 24.6 Å². The molecule has 1 aliphatic carbocycles. The first-order valence-electron chi connectivity index (χ1n) is 7.82. The molecule has 3 atom stereocenters. The maximum absolute atomic E-state index is 11.4. The average Bonchev–Trinajstić information content (AvgIpc) is 3.14. The molecular formula is C14H23N3O3S. The van der Waals surface area contributed by atoms with E-state index in [2.05, 4.69) is 22.4 Å². The molecule has 6 nitrogen and oxygen atoms in total. The number of nitrogens with one attached hydrogen (secondary N) is 1. The Balaban J connectivity index is 1.52. The van der Waals surface area contributed by atoms with Gasteiger partial charge in [-0.3, -0.25) is 0 Å². The van der Waals surface area contributed by atoms with Crippen molar-refractivity contribution in [1.29, 1.82) is 0 Å². The topological polar surface area (TPSA) is 85.1 Å². The van der Waals surface area contributed by atoms with E-state index in [9.17, 15) is 8.42 Å². The molecule has 1 saturated carbocycles. The van der Waals surface area contributed by atoms with Crippen molar-refractivity contribution in [1.82, 2.24) is 15.5 Å². The Morgan fingerprint density at radius 1 is 1.33 bits per heavy atom. The van der Waals surface area contributed by atoms with Crippen LogP contribution < -0.4 is 5.32 Å². The lowest BCUT2D eigenvalue weighted by Gasteiger charge is -2.07. The van der Waals surface area contributed by atoms with Crippen LogP contribution in [-0.2, 0) is 16.4 Å². The first-order chi connectivity index (χ1) is 10.1. The summed E-state index contributed by atoms with van der Waals surface area (Å²) >= 11 is 0. The van der Waals surface area contributed by atoms with Gasteiger partial charge in [-0.1, -0.05) is 18.5 Å². The van der Waals surface area contributed by atoms with Crippen molar-refractivity contribution in [2.75, 3.05) is 11.5 Å². The number of nitrogens with zero attached hydrogens (tertiary/aromatic N) is 2. The van der Waals surface area contributed by atoms with Gasteiger partial charge in [0.1, 0.15) is 0 Å². The summed E-state index contributed by atoms with van der Waals surface area (Å²) in [5, 5.41) is 7.30. The Kier molecular flexibility index (Phi) is 4.31. The largest absolute Gasteiger partial charge is 0.338 e. The molecule has 1 saturated heterocycles. The Morgan fingerprint density at radius 2 is 2.19 bits per heavy atom. The summed E-state index contributed by atoms with van der Waals surface area (Å²) in [6.07, 6.45) is 5.45. The van der Waals surface area contributed by atoms with Gasteiger partial charge in [-0.2, -0.15) is 4.98 Å². The van der Waals surface area contributed by atoms with Crippen LogP contribution in [0.25, 0.3) is 0 Å². The van der Waals surface area contributed by atoms with Crippen molar-refractivity contribution in [2.45, 2.75) is 57.5 Å². The number of hydrogen-bond acceptors (Lipinski definition) is 6. The minimum atomic E-state index is -2.85. The lowest BCUT2D eigenvalue weighted by Crippen LogP contribution is -2.29. The fourth-order valence-electron chi connectivity index (χ4n) is 3.37. The van der Waals surface area contributed by atoms with E-state index in [4.69, 9.17) is 4.52 Å². The van der Waals surface area contributed by atoms with E-state index in [1.165, 1.54) is 12.8 Å². The third-order valence-corrected chi connectivity index (χ3v) is 6.51. The van der Waals surface area contributed by atoms with Gasteiger partial charge in [0, 0.05) is 12.0 Å². The standard InChI is InChI=1S/C14H23N3O3S/c1-2-10-3-4-11(7-10)14-16-13(20-17-14)8-15-12-5-6-21(18,19)9-12/h10-12,15H,2-9H2,1H3. The molecule has 3 unspecified atom stereocenters. The van der Waals surface area contributed by atoms with Crippen LogP contribution in [0, 0.1) is 5.92 Å². The summed E-state index contributed by atoms with van der Waals surface area (Å²) in [7, 11) is -2.85. The Hall–Kier alpha value is -0.950. The molecule has 1 aromatic heterocycles. The van der Waals surface area contributed by atoms with Crippen molar-refractivity contribution in [3.05, 3.63) is 11.7 Å². The van der Waals surface area contributed by atoms with Crippen molar-refractivity contribution < 1.29 is 12.9 Å². The zero-order valence-corrected chi connectivity index (χ0v) is 13.2. The lowest BCUT2D eigenvalue weighted by atomic mass is 10.0. The van der Waals surface area contributed by atoms with E-state index in [-0.39, 0.29) is 17.5 Å². The van der Waals surface area contributed by atoms with Crippen molar-refractivity contribution in [2.24, 2.45) is 5.92 Å². The molecule has 2 aliphatic rings. The monoisotopic (exact) mass is 313 g/mol. The molecule has 1 aromatic rings. The van der Waals surface area contributed by atoms with Crippen LogP contribution in [0.2, 0.25) is 0 Å². The molecule has 21 heavy (non-hydrogen) atoms. The number of rotatable bonds is 5. The first kappa shape index (κ1) is 15.0. The second-order valence-electron chi connectivity index (χ2n) is 6.31. The van der Waals surface area contributed by atoms with E-state index in [1.807, 2.05) is 0 Å². The quantitative estimate of drug-likeness (QED) is 0.889. The SMILES string of the molecule is CCC1CCC(c2noc(CNC3CCS(=O)(=O)C3)n2)C1. The summed E-state index contributed by atoms with van der Waals surface area (Å²) in [6.45, 7) is 2.69. The van der Waals surface area contributed by atoms with Gasteiger partial charge >= 0.3 is 0 Å². The second-order valence-corrected chi connectivity index (χ2v) is 8.54. The minimum absolute atomic E-state index is 0.0151. The lowest BCUT2D eigenvalue weighted by molar-refractivity contribution is 0.353. The normalized spacial score (nSPS) is 31.8. The molecule has 118 valence electrons. The Labute approximate surface area is 125 Å². The smallest absolute Gasteiger partial charge is 0.240 e. The molecule has 7 heteroatoms. The molecule has 2 heterocycles. The van der Waals surface area contributed by atoms with Crippen LogP contribution in [0.15, 0.2) is 4.52 Å². The zero-order valence-electron chi connectivity index (χ0n) is 12.4. The molecule has 0 amide bonds. The summed E-state index contributed by atoms with van der Waals surface area (Å²) in [6, 6.07) is 0.0151. The fourth-order valence-corrected chi connectivity index (χ4v) is 5.08. The summed E-state index contributed by atoms with van der Waals surface area (Å²) in [4.78, 5) is 4.47. The maximum Gasteiger partial charge on any atom is 0.240 e. The second kappa shape index (κ2) is 6.04. The van der Waals surface area contributed by atoms with Gasteiger partial charge in [0.2, 0.25) is 5.89 Å². The van der Waals surface area contributed by atoms with Crippen LogP contribution in [0.4, 0.5) is 0 Å². The Bertz CT molecular complexity index is 584. The molecule has 0 radical (unpaired) electrons. The van der Waals surface area contributed by atoms with Gasteiger partial charge in [0.15, 0.2) is 15.7 Å². The molecule has 0 aromatic carbocycles. The molecule has 1 aliphatic heterocycles. The number of sulfone groups is 1. The van der Waals surface area contributed by atoms with Crippen molar-refractivity contribution in [3.63, 3.8) is 0 Å². The van der Waals surface area contributed by atoms with Crippen LogP contribution >= 0.6 is 0 Å². The predicted molar refractivity (Wildman–Crippen MR) is 78.6 cm³/mol. The fraction of sp³-hybridized carbons (Fsp3) is 0.857. The molecule has 1 N–H and O–H groups in total. The highest BCUT2D eigenvalue weighted by molar-refractivity contribution is 7.91. The van der Waals surface area contributed by atoms with Gasteiger partial charge in [-0.25, -0.2) is 8.42 Å². The highest BCUT2D eigenvalue weighted by Crippen LogP contribution is 2.38. The summed E-state index contributed by atoms with van der Waals surface area (Å²) < 4.78 is 28.1. The third kappa shape index (κ3) is 3.63. The van der Waals surface area contributed by atoms with E-state index >= 15 is 0 Å². The Morgan fingerprint density at radius 3 is 2.86 bits per heavy atom. The average molecular weight is 313 g/mol. The molecule has 3 rings (SSSR count). The van der Waals surface area contributed by atoms with Gasteiger partial charge in [0.05, 0.1) is 18.1 Å². The maximum atomic E-state index is 11.4. The molecule has 0 bridgehead atoms. The van der Waals surface area contributed by atoms with E-state index in [0.29, 0.717) is 24.8 Å². The highest BCUT2D eigenvalue weighted by Gasteiger charge is 2.29.